The average Bonchev–Trinajstić information content (AvgIpc) is 2.72. The highest BCUT2D eigenvalue weighted by Gasteiger charge is 2.27. The highest BCUT2D eigenvalue weighted by Crippen LogP contribution is 2.29. The minimum absolute atomic E-state index is 0.0673. The third-order valence-electron chi connectivity index (χ3n) is 3.14. The van der Waals surface area contributed by atoms with Crippen LogP contribution in [0.5, 0.6) is 0 Å². The number of para-hydroxylation sites is 2. The first kappa shape index (κ1) is 11.7. The summed E-state index contributed by atoms with van der Waals surface area (Å²) in [7, 11) is 4.01. The van der Waals surface area contributed by atoms with Crippen molar-refractivity contribution in [3.8, 4) is 0 Å². The zero-order chi connectivity index (χ0) is 12.4. The Morgan fingerprint density at radius 3 is 2.18 bits per heavy atom. The van der Waals surface area contributed by atoms with Crippen LogP contribution < -0.4 is 10.6 Å². The number of nitrogens with zero attached hydrogens (tertiary/aromatic N) is 2. The van der Waals surface area contributed by atoms with E-state index in [9.17, 15) is 0 Å². The van der Waals surface area contributed by atoms with Gasteiger partial charge >= 0.3 is 0 Å². The molecule has 0 bridgehead atoms. The molecule has 0 aromatic heterocycles. The van der Waals surface area contributed by atoms with Gasteiger partial charge in [0.15, 0.2) is 6.29 Å². The molecule has 1 unspecified atom stereocenters. The molecule has 1 heterocycles. The highest BCUT2D eigenvalue weighted by molar-refractivity contribution is 5.75. The normalized spacial score (nSPS) is 16.0. The molecule has 0 aliphatic carbocycles. The monoisotopic (exact) mass is 233 g/mol. The molecule has 1 aliphatic rings. The fourth-order valence-electron chi connectivity index (χ4n) is 1.88. The maximum atomic E-state index is 7.55. The lowest BCUT2D eigenvalue weighted by atomic mass is 10.3. The number of rotatable bonds is 4. The van der Waals surface area contributed by atoms with Crippen LogP contribution in [0, 0.1) is 5.41 Å². The molecule has 0 spiro atoms. The SMILES string of the molecule is CC(N(C)C)N(C=N)C1Nc2ccccc2N1. The van der Waals surface area contributed by atoms with Gasteiger partial charge in [0.2, 0.25) is 0 Å². The molecule has 1 aromatic rings. The molecule has 2 rings (SSSR count). The molecule has 0 fully saturated rings. The smallest absolute Gasteiger partial charge is 0.178 e. The van der Waals surface area contributed by atoms with Gasteiger partial charge in [-0.1, -0.05) is 12.1 Å². The summed E-state index contributed by atoms with van der Waals surface area (Å²) in [5.74, 6) is 0. The molecule has 3 N–H and O–H groups in total. The summed E-state index contributed by atoms with van der Waals surface area (Å²) in [6.07, 6.45) is 1.44. The zero-order valence-electron chi connectivity index (χ0n) is 10.4. The van der Waals surface area contributed by atoms with Crippen LogP contribution in [-0.2, 0) is 0 Å². The lowest BCUT2D eigenvalue weighted by Gasteiger charge is -2.36. The van der Waals surface area contributed by atoms with Crippen molar-refractivity contribution in [2.45, 2.75) is 19.4 Å². The second kappa shape index (κ2) is 4.63. The molecule has 1 atom stereocenters. The lowest BCUT2D eigenvalue weighted by molar-refractivity contribution is 0.147. The summed E-state index contributed by atoms with van der Waals surface area (Å²) < 4.78 is 0. The van der Waals surface area contributed by atoms with E-state index in [-0.39, 0.29) is 12.5 Å². The summed E-state index contributed by atoms with van der Waals surface area (Å²) >= 11 is 0. The molecule has 5 nitrogen and oxygen atoms in total. The van der Waals surface area contributed by atoms with Crippen molar-refractivity contribution < 1.29 is 0 Å². The maximum absolute atomic E-state index is 7.55. The first-order valence-corrected chi connectivity index (χ1v) is 5.70. The third-order valence-corrected chi connectivity index (χ3v) is 3.14. The van der Waals surface area contributed by atoms with Gasteiger partial charge in [0, 0.05) is 0 Å². The predicted molar refractivity (Wildman–Crippen MR) is 71.2 cm³/mol. The van der Waals surface area contributed by atoms with E-state index in [1.54, 1.807) is 0 Å². The quantitative estimate of drug-likeness (QED) is 0.420. The van der Waals surface area contributed by atoms with E-state index in [1.165, 1.54) is 6.34 Å². The van der Waals surface area contributed by atoms with Crippen LogP contribution in [0.3, 0.4) is 0 Å². The number of nitrogens with one attached hydrogen (secondary N) is 3. The molecular formula is C12H19N5. The molecule has 0 saturated carbocycles. The number of benzene rings is 1. The fourth-order valence-corrected chi connectivity index (χ4v) is 1.88. The summed E-state index contributed by atoms with van der Waals surface area (Å²) in [5.41, 5.74) is 2.16. The van der Waals surface area contributed by atoms with Crippen LogP contribution in [-0.4, -0.2) is 42.7 Å². The molecule has 0 saturated heterocycles. The molecular weight excluding hydrogens is 214 g/mol. The van der Waals surface area contributed by atoms with Crippen molar-refractivity contribution in [2.24, 2.45) is 0 Å². The van der Waals surface area contributed by atoms with Gasteiger partial charge in [-0.2, -0.15) is 0 Å². The molecule has 0 amide bonds. The van der Waals surface area contributed by atoms with E-state index in [0.29, 0.717) is 0 Å². The Labute approximate surface area is 102 Å². The second-order valence-electron chi connectivity index (χ2n) is 4.41. The summed E-state index contributed by atoms with van der Waals surface area (Å²) in [6, 6.07) is 8.07. The van der Waals surface area contributed by atoms with Crippen LogP contribution in [0.2, 0.25) is 0 Å². The standard InChI is InChI=1S/C12H19N5/c1-9(16(2)3)17(8-13)12-14-10-6-4-5-7-11(10)15-12/h4-9,12-15H,1-3H3. The van der Waals surface area contributed by atoms with Gasteiger partial charge in [-0.25, -0.2) is 0 Å². The van der Waals surface area contributed by atoms with E-state index in [2.05, 4.69) is 22.5 Å². The maximum Gasteiger partial charge on any atom is 0.178 e. The summed E-state index contributed by atoms with van der Waals surface area (Å²) in [5, 5.41) is 14.3. The molecule has 17 heavy (non-hydrogen) atoms. The van der Waals surface area contributed by atoms with Crippen molar-refractivity contribution >= 4 is 17.7 Å². The van der Waals surface area contributed by atoms with Crippen LogP contribution in [0.25, 0.3) is 0 Å². The van der Waals surface area contributed by atoms with Crippen molar-refractivity contribution in [3.63, 3.8) is 0 Å². The largest absolute Gasteiger partial charge is 0.347 e. The molecule has 92 valence electrons. The number of anilines is 2. The van der Waals surface area contributed by atoms with E-state index in [1.807, 2.05) is 43.3 Å². The summed E-state index contributed by atoms with van der Waals surface area (Å²) in [6.45, 7) is 2.07. The van der Waals surface area contributed by atoms with Crippen LogP contribution in [0.1, 0.15) is 6.92 Å². The Morgan fingerprint density at radius 2 is 1.76 bits per heavy atom. The molecule has 1 aromatic carbocycles. The highest BCUT2D eigenvalue weighted by atomic mass is 15.5. The Kier molecular flexibility index (Phi) is 3.19. The minimum Gasteiger partial charge on any atom is -0.347 e. The van der Waals surface area contributed by atoms with Gasteiger partial charge in [0.05, 0.1) is 23.9 Å². The van der Waals surface area contributed by atoms with Gasteiger partial charge in [0.25, 0.3) is 0 Å². The third kappa shape index (κ3) is 2.19. The van der Waals surface area contributed by atoms with Crippen LogP contribution in [0.4, 0.5) is 11.4 Å². The Bertz CT molecular complexity index is 379. The Morgan fingerprint density at radius 1 is 1.24 bits per heavy atom. The van der Waals surface area contributed by atoms with E-state index >= 15 is 0 Å². The molecule has 0 radical (unpaired) electrons. The van der Waals surface area contributed by atoms with Gasteiger partial charge < -0.3 is 15.5 Å². The van der Waals surface area contributed by atoms with E-state index < -0.39 is 0 Å². The van der Waals surface area contributed by atoms with Crippen LogP contribution in [0.15, 0.2) is 24.3 Å². The molecule has 5 heteroatoms. The second-order valence-corrected chi connectivity index (χ2v) is 4.41. The average molecular weight is 233 g/mol. The minimum atomic E-state index is -0.0673. The first-order valence-electron chi connectivity index (χ1n) is 5.70. The van der Waals surface area contributed by atoms with Gasteiger partial charge in [0.1, 0.15) is 0 Å². The number of fused-ring (bicyclic) bond motifs is 1. The first-order chi connectivity index (χ1) is 8.13. The Hall–Kier alpha value is -1.75. The Balaban J connectivity index is 2.13. The van der Waals surface area contributed by atoms with Crippen LogP contribution >= 0.6 is 0 Å². The van der Waals surface area contributed by atoms with Crippen molar-refractivity contribution in [1.29, 1.82) is 5.41 Å². The van der Waals surface area contributed by atoms with E-state index in [4.69, 9.17) is 5.41 Å². The van der Waals surface area contributed by atoms with Crippen molar-refractivity contribution in [3.05, 3.63) is 24.3 Å². The van der Waals surface area contributed by atoms with Crippen molar-refractivity contribution in [2.75, 3.05) is 24.7 Å². The van der Waals surface area contributed by atoms with Gasteiger partial charge in [-0.15, -0.1) is 0 Å². The van der Waals surface area contributed by atoms with Gasteiger partial charge in [-0.3, -0.25) is 10.3 Å². The number of hydrogen-bond donors (Lipinski definition) is 3. The lowest BCUT2D eigenvalue weighted by Crippen LogP contribution is -2.52. The topological polar surface area (TPSA) is 54.4 Å². The van der Waals surface area contributed by atoms with E-state index in [0.717, 1.165) is 11.4 Å². The predicted octanol–water partition coefficient (Wildman–Crippen LogP) is 1.62. The van der Waals surface area contributed by atoms with Crippen molar-refractivity contribution in [1.82, 2.24) is 9.80 Å². The zero-order valence-corrected chi connectivity index (χ0v) is 10.4. The fraction of sp³-hybridized carbons (Fsp3) is 0.417. The number of hydrogen-bond acceptors (Lipinski definition) is 4. The summed E-state index contributed by atoms with van der Waals surface area (Å²) in [4.78, 5) is 4.00. The van der Waals surface area contributed by atoms with Gasteiger partial charge in [-0.05, 0) is 33.2 Å². The molecule has 1 aliphatic heterocycles.